The van der Waals surface area contributed by atoms with Crippen LogP contribution in [-0.4, -0.2) is 35.4 Å². The number of carboxylic acid groups (broad SMARTS) is 1. The van der Waals surface area contributed by atoms with Gasteiger partial charge in [-0.15, -0.1) is 0 Å². The Kier molecular flexibility index (Phi) is 4.96. The maximum absolute atomic E-state index is 11.2. The molecule has 0 aliphatic rings. The minimum atomic E-state index is -1.10. The first-order valence-electron chi connectivity index (χ1n) is 5.08. The SMILES string of the molecule is O=C(O)CNC(=O)Nc1ccc(CCO)cc1. The normalized spacial score (nSPS) is 9.71. The Balaban J connectivity index is 2.45. The molecule has 0 saturated heterocycles. The lowest BCUT2D eigenvalue weighted by molar-refractivity contribution is -0.135. The lowest BCUT2D eigenvalue weighted by Crippen LogP contribution is -2.33. The van der Waals surface area contributed by atoms with Crippen LogP contribution in [0.2, 0.25) is 0 Å². The second kappa shape index (κ2) is 6.49. The molecule has 4 N–H and O–H groups in total. The van der Waals surface area contributed by atoms with E-state index in [4.69, 9.17) is 10.2 Å². The van der Waals surface area contributed by atoms with Gasteiger partial charge in [0.1, 0.15) is 6.54 Å². The average molecular weight is 238 g/mol. The Morgan fingerprint density at radius 2 is 1.82 bits per heavy atom. The smallest absolute Gasteiger partial charge is 0.323 e. The molecule has 0 radical (unpaired) electrons. The molecular formula is C11H14N2O4. The van der Waals surface area contributed by atoms with Gasteiger partial charge in [0.2, 0.25) is 0 Å². The third kappa shape index (κ3) is 4.98. The highest BCUT2D eigenvalue weighted by Crippen LogP contribution is 2.09. The van der Waals surface area contributed by atoms with Crippen molar-refractivity contribution in [1.29, 1.82) is 0 Å². The zero-order chi connectivity index (χ0) is 12.7. The first-order chi connectivity index (χ1) is 8.11. The Bertz CT molecular complexity index is 389. The van der Waals surface area contributed by atoms with Gasteiger partial charge < -0.3 is 20.8 Å². The zero-order valence-electron chi connectivity index (χ0n) is 9.14. The Morgan fingerprint density at radius 3 is 2.35 bits per heavy atom. The van der Waals surface area contributed by atoms with Crippen LogP contribution in [0.3, 0.4) is 0 Å². The Morgan fingerprint density at radius 1 is 1.18 bits per heavy atom. The van der Waals surface area contributed by atoms with Crippen molar-refractivity contribution in [2.24, 2.45) is 0 Å². The van der Waals surface area contributed by atoms with Crippen molar-refractivity contribution >= 4 is 17.7 Å². The zero-order valence-corrected chi connectivity index (χ0v) is 9.14. The highest BCUT2D eigenvalue weighted by molar-refractivity contribution is 5.91. The van der Waals surface area contributed by atoms with E-state index >= 15 is 0 Å². The number of urea groups is 1. The van der Waals surface area contributed by atoms with Crippen molar-refractivity contribution in [2.75, 3.05) is 18.5 Å². The molecule has 0 unspecified atom stereocenters. The second-order valence-electron chi connectivity index (χ2n) is 3.37. The van der Waals surface area contributed by atoms with Crippen LogP contribution in [0.15, 0.2) is 24.3 Å². The lowest BCUT2D eigenvalue weighted by atomic mass is 10.1. The van der Waals surface area contributed by atoms with Crippen LogP contribution < -0.4 is 10.6 Å². The van der Waals surface area contributed by atoms with Gasteiger partial charge in [0, 0.05) is 12.3 Å². The monoisotopic (exact) mass is 238 g/mol. The van der Waals surface area contributed by atoms with Gasteiger partial charge in [-0.25, -0.2) is 4.79 Å². The van der Waals surface area contributed by atoms with E-state index in [2.05, 4.69) is 10.6 Å². The van der Waals surface area contributed by atoms with Gasteiger partial charge in [-0.2, -0.15) is 0 Å². The molecule has 0 fully saturated rings. The molecule has 1 aromatic carbocycles. The first kappa shape index (κ1) is 13.0. The van der Waals surface area contributed by atoms with Crippen molar-refractivity contribution in [3.63, 3.8) is 0 Å². The summed E-state index contributed by atoms with van der Waals surface area (Å²) in [4.78, 5) is 21.4. The van der Waals surface area contributed by atoms with Gasteiger partial charge in [-0.3, -0.25) is 4.79 Å². The van der Waals surface area contributed by atoms with Crippen molar-refractivity contribution in [1.82, 2.24) is 5.32 Å². The molecule has 0 bridgehead atoms. The van der Waals surface area contributed by atoms with Gasteiger partial charge in [0.15, 0.2) is 0 Å². The Hall–Kier alpha value is -2.08. The third-order valence-corrected chi connectivity index (χ3v) is 2.01. The number of hydrogen-bond donors (Lipinski definition) is 4. The summed E-state index contributed by atoms with van der Waals surface area (Å²) in [5, 5.41) is 21.8. The van der Waals surface area contributed by atoms with Gasteiger partial charge in [0.25, 0.3) is 0 Å². The second-order valence-corrected chi connectivity index (χ2v) is 3.37. The van der Waals surface area contributed by atoms with E-state index in [0.29, 0.717) is 12.1 Å². The van der Waals surface area contributed by atoms with Gasteiger partial charge in [-0.05, 0) is 24.1 Å². The third-order valence-electron chi connectivity index (χ3n) is 2.01. The minimum Gasteiger partial charge on any atom is -0.480 e. The number of carboxylic acids is 1. The highest BCUT2D eigenvalue weighted by Gasteiger charge is 2.03. The lowest BCUT2D eigenvalue weighted by Gasteiger charge is -2.06. The van der Waals surface area contributed by atoms with E-state index in [1.165, 1.54) is 0 Å². The molecule has 1 rings (SSSR count). The summed E-state index contributed by atoms with van der Waals surface area (Å²) in [5.74, 6) is -1.10. The Labute approximate surface area is 98.3 Å². The van der Waals surface area contributed by atoms with E-state index < -0.39 is 18.5 Å². The van der Waals surface area contributed by atoms with E-state index in [1.807, 2.05) is 0 Å². The standard InChI is InChI=1S/C11H14N2O4/c14-6-5-8-1-3-9(4-2-8)13-11(17)12-7-10(15)16/h1-4,14H,5-7H2,(H,15,16)(H2,12,13,17). The molecule has 1 aromatic rings. The number of aliphatic hydroxyl groups is 1. The number of hydrogen-bond acceptors (Lipinski definition) is 3. The van der Waals surface area contributed by atoms with Crippen molar-refractivity contribution in [3.05, 3.63) is 29.8 Å². The van der Waals surface area contributed by atoms with Crippen LogP contribution >= 0.6 is 0 Å². The molecule has 0 aromatic heterocycles. The topological polar surface area (TPSA) is 98.7 Å². The average Bonchev–Trinajstić information content (AvgIpc) is 2.29. The van der Waals surface area contributed by atoms with Crippen molar-refractivity contribution in [2.45, 2.75) is 6.42 Å². The number of amides is 2. The minimum absolute atomic E-state index is 0.0753. The number of rotatable bonds is 5. The molecule has 0 atom stereocenters. The van der Waals surface area contributed by atoms with Crippen LogP contribution in [-0.2, 0) is 11.2 Å². The molecule has 92 valence electrons. The predicted octanol–water partition coefficient (Wildman–Crippen LogP) is 0.427. The van der Waals surface area contributed by atoms with Crippen molar-refractivity contribution < 1.29 is 19.8 Å². The number of carbonyl (C=O) groups is 2. The molecular weight excluding hydrogens is 224 g/mol. The summed E-state index contributed by atoms with van der Waals surface area (Å²) in [6.07, 6.45) is 0.561. The van der Waals surface area contributed by atoms with E-state index in [1.54, 1.807) is 24.3 Å². The fourth-order valence-corrected chi connectivity index (χ4v) is 1.22. The molecule has 2 amide bonds. The molecule has 0 aliphatic heterocycles. The predicted molar refractivity (Wildman–Crippen MR) is 61.9 cm³/mol. The molecule has 17 heavy (non-hydrogen) atoms. The van der Waals surface area contributed by atoms with Crippen LogP contribution in [0.25, 0.3) is 0 Å². The summed E-state index contributed by atoms with van der Waals surface area (Å²) in [6.45, 7) is -0.347. The molecule has 0 heterocycles. The van der Waals surface area contributed by atoms with Gasteiger partial charge in [-0.1, -0.05) is 12.1 Å². The van der Waals surface area contributed by atoms with Gasteiger partial charge in [0.05, 0.1) is 0 Å². The summed E-state index contributed by atoms with van der Waals surface area (Å²) in [6, 6.07) is 6.37. The fourth-order valence-electron chi connectivity index (χ4n) is 1.22. The van der Waals surface area contributed by atoms with Gasteiger partial charge >= 0.3 is 12.0 Å². The molecule has 6 nitrogen and oxygen atoms in total. The van der Waals surface area contributed by atoms with Crippen LogP contribution in [0.4, 0.5) is 10.5 Å². The number of aliphatic carboxylic acids is 1. The quantitative estimate of drug-likeness (QED) is 0.597. The summed E-state index contributed by atoms with van der Waals surface area (Å²) >= 11 is 0. The molecule has 0 aliphatic carbocycles. The van der Waals surface area contributed by atoms with E-state index in [9.17, 15) is 9.59 Å². The molecule has 0 spiro atoms. The fraction of sp³-hybridized carbons (Fsp3) is 0.273. The molecule has 6 heteroatoms. The summed E-state index contributed by atoms with van der Waals surface area (Å²) in [7, 11) is 0. The number of anilines is 1. The van der Waals surface area contributed by atoms with E-state index in [0.717, 1.165) is 5.56 Å². The summed E-state index contributed by atoms with van der Waals surface area (Å²) in [5.41, 5.74) is 1.53. The van der Waals surface area contributed by atoms with E-state index in [-0.39, 0.29) is 6.61 Å². The number of benzene rings is 1. The largest absolute Gasteiger partial charge is 0.480 e. The number of nitrogens with one attached hydrogen (secondary N) is 2. The van der Waals surface area contributed by atoms with Crippen LogP contribution in [0.1, 0.15) is 5.56 Å². The number of aliphatic hydroxyl groups excluding tert-OH is 1. The maximum Gasteiger partial charge on any atom is 0.323 e. The molecule has 0 saturated carbocycles. The van der Waals surface area contributed by atoms with Crippen LogP contribution in [0, 0.1) is 0 Å². The summed E-state index contributed by atoms with van der Waals surface area (Å²) < 4.78 is 0. The van der Waals surface area contributed by atoms with Crippen LogP contribution in [0.5, 0.6) is 0 Å². The van der Waals surface area contributed by atoms with Crippen molar-refractivity contribution in [3.8, 4) is 0 Å². The number of carbonyl (C=O) groups excluding carboxylic acids is 1. The first-order valence-corrected chi connectivity index (χ1v) is 5.08. The highest BCUT2D eigenvalue weighted by atomic mass is 16.4. The maximum atomic E-state index is 11.2.